The smallest absolute Gasteiger partial charge is 0.262 e. The van der Waals surface area contributed by atoms with Gasteiger partial charge in [0.1, 0.15) is 23.9 Å². The maximum atomic E-state index is 15.0. The molecule has 2 aromatic rings. The first kappa shape index (κ1) is 30.5. The Morgan fingerprint density at radius 2 is 1.83 bits per heavy atom. The second-order valence-corrected chi connectivity index (χ2v) is 11.6. The minimum absolute atomic E-state index is 0.0956. The highest BCUT2D eigenvalue weighted by Gasteiger charge is 2.37. The lowest BCUT2D eigenvalue weighted by Crippen LogP contribution is -2.47. The summed E-state index contributed by atoms with van der Waals surface area (Å²) in [5.41, 5.74) is 1.41. The van der Waals surface area contributed by atoms with Crippen molar-refractivity contribution < 1.29 is 28.2 Å². The molecule has 0 aromatic heterocycles. The van der Waals surface area contributed by atoms with Crippen molar-refractivity contribution in [3.05, 3.63) is 59.4 Å². The number of hydrazone groups is 1. The Morgan fingerprint density at radius 1 is 1.10 bits per heavy atom. The maximum absolute atomic E-state index is 15.0. The molecule has 9 nitrogen and oxygen atoms in total. The summed E-state index contributed by atoms with van der Waals surface area (Å²) in [4.78, 5) is 31.2. The van der Waals surface area contributed by atoms with Gasteiger partial charge in [0, 0.05) is 56.2 Å². The predicted octanol–water partition coefficient (Wildman–Crippen LogP) is 4.12. The van der Waals surface area contributed by atoms with E-state index in [0.717, 1.165) is 13.1 Å². The number of carbonyl (C=O) groups is 2. The summed E-state index contributed by atoms with van der Waals surface area (Å²) in [6, 6.07) is 11.1. The number of nitrogens with zero attached hydrogens (tertiary/aromatic N) is 4. The number of methoxy groups -OCH3 is 2. The van der Waals surface area contributed by atoms with Gasteiger partial charge in [-0.1, -0.05) is 39.0 Å². The molecule has 0 N–H and O–H groups in total. The fraction of sp³-hybridized carbons (Fsp3) is 0.516. The third kappa shape index (κ3) is 7.83. The number of rotatable bonds is 10. The fourth-order valence-electron chi connectivity index (χ4n) is 5.11. The van der Waals surface area contributed by atoms with Crippen LogP contribution < -0.4 is 9.47 Å². The van der Waals surface area contributed by atoms with Crippen LogP contribution in [0.1, 0.15) is 50.8 Å². The molecule has 222 valence electrons. The zero-order valence-electron chi connectivity index (χ0n) is 24.7. The van der Waals surface area contributed by atoms with Crippen LogP contribution in [0.5, 0.6) is 11.5 Å². The number of hydrogen-bond acceptors (Lipinski definition) is 7. The molecule has 0 aliphatic carbocycles. The SMILES string of the molecule is COc1ccc(C2=NN(C(=O)CN(CCN3CCOCC3)C(=O)CC(C)(C)C)C(c3ccccc3F)C2)c(OC)c1. The van der Waals surface area contributed by atoms with E-state index in [2.05, 4.69) is 4.90 Å². The van der Waals surface area contributed by atoms with E-state index >= 15 is 4.39 Å². The van der Waals surface area contributed by atoms with Gasteiger partial charge in [-0.25, -0.2) is 9.40 Å². The Morgan fingerprint density at radius 3 is 2.49 bits per heavy atom. The predicted molar refractivity (Wildman–Crippen MR) is 155 cm³/mol. The molecule has 0 saturated carbocycles. The fourth-order valence-corrected chi connectivity index (χ4v) is 5.11. The normalized spacial score (nSPS) is 17.8. The van der Waals surface area contributed by atoms with Crippen LogP contribution in [0.3, 0.4) is 0 Å². The summed E-state index contributed by atoms with van der Waals surface area (Å²) in [7, 11) is 3.13. The van der Waals surface area contributed by atoms with E-state index in [4.69, 9.17) is 19.3 Å². The molecule has 1 unspecified atom stereocenters. The molecule has 1 saturated heterocycles. The number of morpholine rings is 1. The van der Waals surface area contributed by atoms with Crippen LogP contribution in [0, 0.1) is 11.2 Å². The lowest BCUT2D eigenvalue weighted by molar-refractivity contribution is -0.142. The zero-order valence-corrected chi connectivity index (χ0v) is 24.7. The summed E-state index contributed by atoms with van der Waals surface area (Å²) < 4.78 is 31.4. The maximum Gasteiger partial charge on any atom is 0.262 e. The summed E-state index contributed by atoms with van der Waals surface area (Å²) in [6.45, 7) is 9.77. The summed E-state index contributed by atoms with van der Waals surface area (Å²) >= 11 is 0. The van der Waals surface area contributed by atoms with Crippen LogP contribution in [0.25, 0.3) is 0 Å². The summed E-state index contributed by atoms with van der Waals surface area (Å²) in [5, 5.41) is 6.04. The molecule has 2 heterocycles. The van der Waals surface area contributed by atoms with Crippen LogP contribution in [-0.4, -0.2) is 92.5 Å². The van der Waals surface area contributed by atoms with Crippen molar-refractivity contribution in [2.75, 3.05) is 60.2 Å². The number of amides is 2. The second kappa shape index (κ2) is 13.4. The zero-order chi connectivity index (χ0) is 29.6. The number of benzene rings is 2. The molecule has 4 rings (SSSR count). The van der Waals surface area contributed by atoms with Gasteiger partial charge in [-0.2, -0.15) is 5.10 Å². The molecule has 2 aliphatic heterocycles. The van der Waals surface area contributed by atoms with Gasteiger partial charge in [0.05, 0.1) is 39.2 Å². The van der Waals surface area contributed by atoms with Crippen molar-refractivity contribution in [3.8, 4) is 11.5 Å². The van der Waals surface area contributed by atoms with Gasteiger partial charge in [-0.15, -0.1) is 0 Å². The van der Waals surface area contributed by atoms with Crippen LogP contribution in [0.2, 0.25) is 0 Å². The Bertz CT molecular complexity index is 1260. The molecule has 0 spiro atoms. The van der Waals surface area contributed by atoms with E-state index in [9.17, 15) is 9.59 Å². The minimum atomic E-state index is -0.663. The lowest BCUT2D eigenvalue weighted by atomic mass is 9.91. The van der Waals surface area contributed by atoms with Gasteiger partial charge in [0.2, 0.25) is 5.91 Å². The number of carbonyl (C=O) groups excluding carboxylic acids is 2. The van der Waals surface area contributed by atoms with Gasteiger partial charge < -0.3 is 19.1 Å². The average molecular weight is 569 g/mol. The highest BCUT2D eigenvalue weighted by molar-refractivity contribution is 6.05. The van der Waals surface area contributed by atoms with Crippen molar-refractivity contribution in [1.29, 1.82) is 0 Å². The van der Waals surface area contributed by atoms with Crippen LogP contribution in [-0.2, 0) is 14.3 Å². The molecule has 2 amide bonds. The molecule has 10 heteroatoms. The third-order valence-electron chi connectivity index (χ3n) is 7.30. The van der Waals surface area contributed by atoms with Crippen LogP contribution in [0.4, 0.5) is 4.39 Å². The minimum Gasteiger partial charge on any atom is -0.497 e. The molecular formula is C31H41FN4O5. The Kier molecular flexibility index (Phi) is 9.99. The van der Waals surface area contributed by atoms with Crippen molar-refractivity contribution in [2.24, 2.45) is 10.5 Å². The Hall–Kier alpha value is -3.50. The largest absolute Gasteiger partial charge is 0.497 e. The van der Waals surface area contributed by atoms with Crippen molar-refractivity contribution in [1.82, 2.24) is 14.8 Å². The average Bonchev–Trinajstić information content (AvgIpc) is 3.39. The third-order valence-corrected chi connectivity index (χ3v) is 7.30. The van der Waals surface area contributed by atoms with E-state index in [1.165, 1.54) is 11.1 Å². The lowest BCUT2D eigenvalue weighted by Gasteiger charge is -2.32. The Labute approximate surface area is 241 Å². The number of halogens is 1. The van der Waals surface area contributed by atoms with Gasteiger partial charge in [0.15, 0.2) is 0 Å². The molecular weight excluding hydrogens is 527 g/mol. The molecule has 1 atom stereocenters. The number of ether oxygens (including phenoxy) is 3. The number of hydrogen-bond donors (Lipinski definition) is 0. The highest BCUT2D eigenvalue weighted by Crippen LogP contribution is 2.37. The second-order valence-electron chi connectivity index (χ2n) is 11.6. The molecule has 41 heavy (non-hydrogen) atoms. The molecule has 1 fully saturated rings. The van der Waals surface area contributed by atoms with E-state index in [-0.39, 0.29) is 23.8 Å². The monoisotopic (exact) mass is 568 g/mol. The van der Waals surface area contributed by atoms with Crippen molar-refractivity contribution in [2.45, 2.75) is 39.7 Å². The van der Waals surface area contributed by atoms with Crippen molar-refractivity contribution >= 4 is 17.5 Å². The van der Waals surface area contributed by atoms with Crippen molar-refractivity contribution in [3.63, 3.8) is 0 Å². The van der Waals surface area contributed by atoms with Gasteiger partial charge in [0.25, 0.3) is 5.91 Å². The Balaban J connectivity index is 1.63. The molecule has 2 aliphatic rings. The van der Waals surface area contributed by atoms with Gasteiger partial charge in [-0.05, 0) is 23.6 Å². The summed E-state index contributed by atoms with van der Waals surface area (Å²) in [5.74, 6) is 0.279. The topological polar surface area (TPSA) is 83.9 Å². The van der Waals surface area contributed by atoms with E-state index < -0.39 is 11.9 Å². The van der Waals surface area contributed by atoms with Crippen LogP contribution >= 0.6 is 0 Å². The molecule has 0 radical (unpaired) electrons. The van der Waals surface area contributed by atoms with Gasteiger partial charge in [-0.3, -0.25) is 14.5 Å². The molecule has 0 bridgehead atoms. The van der Waals surface area contributed by atoms with E-state index in [1.807, 2.05) is 26.8 Å². The first-order valence-corrected chi connectivity index (χ1v) is 14.0. The van der Waals surface area contributed by atoms with Crippen LogP contribution in [0.15, 0.2) is 47.6 Å². The summed E-state index contributed by atoms with van der Waals surface area (Å²) in [6.07, 6.45) is 0.594. The highest BCUT2D eigenvalue weighted by atomic mass is 19.1. The first-order chi connectivity index (χ1) is 19.6. The van der Waals surface area contributed by atoms with E-state index in [0.29, 0.717) is 67.5 Å². The quantitative estimate of drug-likeness (QED) is 0.429. The molecule has 2 aromatic carbocycles. The first-order valence-electron chi connectivity index (χ1n) is 14.0. The standard InChI is InChI=1S/C31H41FN4O5/c1-31(2,3)20-29(37)35(13-12-34-14-16-41-17-15-34)21-30(38)36-27(23-8-6-7-9-25(23)32)19-26(33-36)24-11-10-22(39-4)18-28(24)40-5/h6-11,18,27H,12-17,19-21H2,1-5H3. The van der Waals surface area contributed by atoms with Gasteiger partial charge >= 0.3 is 0 Å². The van der Waals surface area contributed by atoms with E-state index in [1.54, 1.807) is 49.5 Å².